The van der Waals surface area contributed by atoms with Gasteiger partial charge in [-0.15, -0.1) is 0 Å². The number of hydrogen-bond donors (Lipinski definition) is 3. The molecule has 3 rings (SSSR count). The van der Waals surface area contributed by atoms with Gasteiger partial charge in [-0.25, -0.2) is 4.98 Å². The van der Waals surface area contributed by atoms with Crippen LogP contribution in [0.1, 0.15) is 60.1 Å². The third-order valence-corrected chi connectivity index (χ3v) is 6.31. The normalized spacial score (nSPS) is 18.4. The van der Waals surface area contributed by atoms with Gasteiger partial charge < -0.3 is 20.5 Å². The van der Waals surface area contributed by atoms with Crippen molar-refractivity contribution in [2.45, 2.75) is 45.3 Å². The molecule has 8 nitrogen and oxygen atoms in total. The highest BCUT2D eigenvalue weighted by molar-refractivity contribution is 6.33. The van der Waals surface area contributed by atoms with Crippen LogP contribution in [0.25, 0.3) is 0 Å². The van der Waals surface area contributed by atoms with E-state index in [9.17, 15) is 18.4 Å². The zero-order chi connectivity index (χ0) is 25.5. The number of amides is 1. The summed E-state index contributed by atoms with van der Waals surface area (Å²) in [5, 5.41) is 24.2. The van der Waals surface area contributed by atoms with Gasteiger partial charge in [0.25, 0.3) is 5.91 Å². The second-order valence-electron chi connectivity index (χ2n) is 8.43. The van der Waals surface area contributed by atoms with Crippen LogP contribution in [0.5, 0.6) is 5.75 Å². The Balaban J connectivity index is 1.63. The molecule has 0 spiro atoms. The number of alkyl halides is 2. The molecule has 1 saturated carbocycles. The molecule has 3 N–H and O–H groups in total. The summed E-state index contributed by atoms with van der Waals surface area (Å²) < 4.78 is 30.1. The summed E-state index contributed by atoms with van der Waals surface area (Å²) in [6.45, 7) is -0.922. The van der Waals surface area contributed by atoms with Crippen LogP contribution in [-0.4, -0.2) is 35.1 Å². The zero-order valence-corrected chi connectivity index (χ0v) is 19.7. The number of anilines is 1. The first-order chi connectivity index (χ1) is 16.7. The first-order valence-corrected chi connectivity index (χ1v) is 11.5. The second-order valence-corrected chi connectivity index (χ2v) is 8.84. The van der Waals surface area contributed by atoms with Crippen LogP contribution < -0.4 is 15.4 Å². The minimum Gasteiger partial charge on any atom is -0.481 e. The molecule has 1 fully saturated rings. The van der Waals surface area contributed by atoms with Crippen LogP contribution in [0.15, 0.2) is 30.5 Å². The smallest absolute Gasteiger partial charge is 0.387 e. The van der Waals surface area contributed by atoms with E-state index in [4.69, 9.17) is 22.0 Å². The Hall–Kier alpha value is -3.45. The molecule has 186 valence electrons. The molecular formula is C24H25ClF2N4O4. The van der Waals surface area contributed by atoms with Crippen LogP contribution in [0.3, 0.4) is 0 Å². The monoisotopic (exact) mass is 506 g/mol. The molecule has 0 bridgehead atoms. The van der Waals surface area contributed by atoms with Gasteiger partial charge in [-0.1, -0.05) is 11.6 Å². The van der Waals surface area contributed by atoms with E-state index in [2.05, 4.69) is 20.4 Å². The lowest BCUT2D eigenvalue weighted by molar-refractivity contribution is -0.143. The Bertz CT molecular complexity index is 1120. The Morgan fingerprint density at radius 3 is 2.60 bits per heavy atom. The Labute approximate surface area is 206 Å². The van der Waals surface area contributed by atoms with Gasteiger partial charge in [0.15, 0.2) is 0 Å². The number of carbonyl (C=O) groups is 2. The van der Waals surface area contributed by atoms with Crippen LogP contribution in [0, 0.1) is 23.2 Å². The SMILES string of the molecule is C[C@H](Nc1ncc(C(=O)NCC2CCC(C(=O)O)CC2)cc1Cl)c1cc(C#N)ccc1OC(F)F. The molecule has 1 aromatic heterocycles. The average Bonchev–Trinajstić information content (AvgIpc) is 2.83. The van der Waals surface area contributed by atoms with E-state index in [1.54, 1.807) is 6.92 Å². The highest BCUT2D eigenvalue weighted by Gasteiger charge is 2.26. The molecule has 0 unspecified atom stereocenters. The molecule has 1 atom stereocenters. The molecule has 2 aromatic rings. The number of carboxylic acids is 1. The lowest BCUT2D eigenvalue weighted by Gasteiger charge is -2.26. The van der Waals surface area contributed by atoms with Gasteiger partial charge in [-0.3, -0.25) is 9.59 Å². The summed E-state index contributed by atoms with van der Waals surface area (Å²) in [6.07, 6.45) is 4.02. The number of aliphatic carboxylic acids is 1. The number of nitrogens with one attached hydrogen (secondary N) is 2. The maximum absolute atomic E-state index is 12.8. The predicted octanol–water partition coefficient (Wildman–Crippen LogP) is 5.00. The average molecular weight is 507 g/mol. The molecule has 1 amide bonds. The van der Waals surface area contributed by atoms with Gasteiger partial charge in [0, 0.05) is 18.3 Å². The van der Waals surface area contributed by atoms with E-state index >= 15 is 0 Å². The fourth-order valence-electron chi connectivity index (χ4n) is 4.06. The Morgan fingerprint density at radius 2 is 2.00 bits per heavy atom. The first kappa shape index (κ1) is 26.2. The number of carbonyl (C=O) groups excluding carboxylic acids is 1. The molecule has 0 aliphatic heterocycles. The molecule has 1 aliphatic carbocycles. The maximum atomic E-state index is 12.8. The summed E-state index contributed by atoms with van der Waals surface area (Å²) in [5.41, 5.74) is 0.847. The topological polar surface area (TPSA) is 124 Å². The van der Waals surface area contributed by atoms with Crippen molar-refractivity contribution in [3.8, 4) is 11.8 Å². The number of carboxylic acid groups (broad SMARTS) is 1. The van der Waals surface area contributed by atoms with Crippen molar-refractivity contribution in [1.82, 2.24) is 10.3 Å². The van der Waals surface area contributed by atoms with Gasteiger partial charge in [0.05, 0.1) is 34.2 Å². The fraction of sp³-hybridized carbons (Fsp3) is 0.417. The van der Waals surface area contributed by atoms with Crippen molar-refractivity contribution >= 4 is 29.3 Å². The van der Waals surface area contributed by atoms with Crippen molar-refractivity contribution in [1.29, 1.82) is 5.26 Å². The number of rotatable bonds is 9. The lowest BCUT2D eigenvalue weighted by atomic mass is 9.82. The summed E-state index contributed by atoms with van der Waals surface area (Å²) in [5.74, 6) is -1.07. The highest BCUT2D eigenvalue weighted by Crippen LogP contribution is 2.32. The van der Waals surface area contributed by atoms with E-state index in [1.807, 2.05) is 6.07 Å². The molecular weight excluding hydrogens is 482 g/mol. The molecule has 0 radical (unpaired) electrons. The summed E-state index contributed by atoms with van der Waals surface area (Å²) in [6, 6.07) is 6.93. The molecule has 1 aliphatic rings. The Morgan fingerprint density at radius 1 is 1.29 bits per heavy atom. The number of nitriles is 1. The van der Waals surface area contributed by atoms with Crippen LogP contribution in [0.2, 0.25) is 5.02 Å². The van der Waals surface area contributed by atoms with Gasteiger partial charge in [-0.2, -0.15) is 14.0 Å². The van der Waals surface area contributed by atoms with Crippen molar-refractivity contribution in [3.05, 3.63) is 52.2 Å². The van der Waals surface area contributed by atoms with Gasteiger partial charge in [0.2, 0.25) is 0 Å². The van der Waals surface area contributed by atoms with E-state index in [1.165, 1.54) is 30.5 Å². The largest absolute Gasteiger partial charge is 0.481 e. The quantitative estimate of drug-likeness (QED) is 0.437. The molecule has 35 heavy (non-hydrogen) atoms. The summed E-state index contributed by atoms with van der Waals surface area (Å²) in [7, 11) is 0. The lowest BCUT2D eigenvalue weighted by Crippen LogP contribution is -2.32. The maximum Gasteiger partial charge on any atom is 0.387 e. The number of pyridine rings is 1. The Kier molecular flexibility index (Phi) is 8.82. The number of ether oxygens (including phenoxy) is 1. The predicted molar refractivity (Wildman–Crippen MR) is 124 cm³/mol. The van der Waals surface area contributed by atoms with E-state index in [0.717, 1.165) is 12.8 Å². The number of aromatic nitrogens is 1. The third-order valence-electron chi connectivity index (χ3n) is 6.03. The molecule has 1 aromatic carbocycles. The van der Waals surface area contributed by atoms with E-state index < -0.39 is 18.6 Å². The fourth-order valence-corrected chi connectivity index (χ4v) is 4.28. The van der Waals surface area contributed by atoms with Crippen molar-refractivity contribution < 1.29 is 28.2 Å². The standard InChI is InChI=1S/C24H25ClF2N4O4/c1-13(18-8-15(10-28)4-7-20(18)35-24(26)27)31-21-19(25)9-17(12-29-21)22(32)30-11-14-2-5-16(6-3-14)23(33)34/h4,7-9,12-14,16,24H,2-3,5-6,11H2,1H3,(H,29,31)(H,30,32)(H,33,34)/t13-,14?,16?/m0/s1. The van der Waals surface area contributed by atoms with Crippen LogP contribution >= 0.6 is 11.6 Å². The molecule has 1 heterocycles. The highest BCUT2D eigenvalue weighted by atomic mass is 35.5. The molecule has 11 heteroatoms. The van der Waals surface area contributed by atoms with Crippen molar-refractivity contribution in [2.24, 2.45) is 11.8 Å². The molecule has 0 saturated heterocycles. The number of halogens is 3. The minimum atomic E-state index is -3.03. The summed E-state index contributed by atoms with van der Waals surface area (Å²) >= 11 is 6.32. The van der Waals surface area contributed by atoms with Gasteiger partial charge >= 0.3 is 12.6 Å². The van der Waals surface area contributed by atoms with Gasteiger partial charge in [0.1, 0.15) is 11.6 Å². The van der Waals surface area contributed by atoms with Crippen molar-refractivity contribution in [3.63, 3.8) is 0 Å². The van der Waals surface area contributed by atoms with Crippen LogP contribution in [-0.2, 0) is 4.79 Å². The van der Waals surface area contributed by atoms with Crippen LogP contribution in [0.4, 0.5) is 14.6 Å². The van der Waals surface area contributed by atoms with E-state index in [0.29, 0.717) is 24.9 Å². The number of nitrogens with zero attached hydrogens (tertiary/aromatic N) is 2. The van der Waals surface area contributed by atoms with Crippen molar-refractivity contribution in [2.75, 3.05) is 11.9 Å². The zero-order valence-electron chi connectivity index (χ0n) is 18.9. The van der Waals surface area contributed by atoms with E-state index in [-0.39, 0.29) is 45.5 Å². The second kappa shape index (κ2) is 11.8. The number of benzene rings is 1. The first-order valence-electron chi connectivity index (χ1n) is 11.1. The number of hydrogen-bond acceptors (Lipinski definition) is 6. The third kappa shape index (κ3) is 7.02. The minimum absolute atomic E-state index is 0.0801. The van der Waals surface area contributed by atoms with Gasteiger partial charge in [-0.05, 0) is 62.8 Å². The summed E-state index contributed by atoms with van der Waals surface area (Å²) in [4.78, 5) is 27.8.